The van der Waals surface area contributed by atoms with E-state index in [0.717, 1.165) is 70.8 Å². The number of hydrogen-bond donors (Lipinski definition) is 3. The zero-order valence-corrected chi connectivity index (χ0v) is 17.8. The molecule has 3 heterocycles. The first-order chi connectivity index (χ1) is 15.6. The van der Waals surface area contributed by atoms with E-state index in [1.807, 2.05) is 24.3 Å². The number of imidazole rings is 2. The number of aromatic nitrogens is 4. The number of piperazine rings is 1. The molecule has 2 aromatic heterocycles. The maximum absolute atomic E-state index is 9.78. The molecule has 0 spiro atoms. The topological polar surface area (TPSA) is 84.1 Å². The van der Waals surface area contributed by atoms with E-state index in [1.54, 1.807) is 18.5 Å². The Morgan fingerprint density at radius 2 is 1.66 bits per heavy atom. The average Bonchev–Trinajstić information content (AvgIpc) is 3.46. The van der Waals surface area contributed by atoms with E-state index >= 15 is 0 Å². The van der Waals surface area contributed by atoms with Crippen LogP contribution in [0.15, 0.2) is 60.9 Å². The predicted octanol–water partition coefficient (Wildman–Crippen LogP) is 4.23. The number of nitrogens with one attached hydrogen (secondary N) is 2. The van der Waals surface area contributed by atoms with Crippen LogP contribution in [0.1, 0.15) is 0 Å². The Morgan fingerprint density at radius 3 is 2.47 bits per heavy atom. The second-order valence-corrected chi connectivity index (χ2v) is 8.45. The Hall–Kier alpha value is -3.84. The van der Waals surface area contributed by atoms with Crippen molar-refractivity contribution in [3.63, 3.8) is 0 Å². The summed E-state index contributed by atoms with van der Waals surface area (Å²) in [5, 5.41) is 9.78. The number of phenolic OH excluding ortho intramolecular Hbond substituents is 1. The van der Waals surface area contributed by atoms with Gasteiger partial charge in [0.1, 0.15) is 11.6 Å². The highest BCUT2D eigenvalue weighted by Crippen LogP contribution is 2.35. The third kappa shape index (κ3) is 3.27. The highest BCUT2D eigenvalue weighted by atomic mass is 16.3. The molecule has 0 atom stereocenters. The first-order valence-corrected chi connectivity index (χ1v) is 10.8. The summed E-state index contributed by atoms with van der Waals surface area (Å²) in [5.74, 6) is 1.09. The molecule has 1 aliphatic rings. The van der Waals surface area contributed by atoms with E-state index in [2.05, 4.69) is 50.0 Å². The van der Waals surface area contributed by atoms with Crippen molar-refractivity contribution in [2.75, 3.05) is 38.1 Å². The van der Waals surface area contributed by atoms with Gasteiger partial charge in [0.05, 0.1) is 28.4 Å². The molecule has 1 fully saturated rings. The molecule has 1 aliphatic heterocycles. The van der Waals surface area contributed by atoms with Crippen LogP contribution in [0, 0.1) is 0 Å². The van der Waals surface area contributed by atoms with Crippen LogP contribution >= 0.6 is 0 Å². The van der Waals surface area contributed by atoms with Gasteiger partial charge < -0.3 is 24.9 Å². The van der Waals surface area contributed by atoms with Gasteiger partial charge in [-0.1, -0.05) is 12.1 Å². The third-order valence-corrected chi connectivity index (χ3v) is 6.31. The fraction of sp³-hybridized carbons (Fsp3) is 0.200. The SMILES string of the molecule is CN1CCN(c2cc(-c3ccc(O)cc3)c3nc(-c4ccc5nc[nH]c5c4)[nH]c3c2)CC1. The Bertz CT molecular complexity index is 1410. The molecule has 32 heavy (non-hydrogen) atoms. The van der Waals surface area contributed by atoms with E-state index in [-0.39, 0.29) is 5.75 Å². The molecule has 0 unspecified atom stereocenters. The number of aromatic hydroxyl groups is 1. The summed E-state index contributed by atoms with van der Waals surface area (Å²) in [7, 11) is 2.17. The van der Waals surface area contributed by atoms with Crippen LogP contribution in [-0.4, -0.2) is 63.2 Å². The molecular formula is C25H24N6O. The molecular weight excluding hydrogens is 400 g/mol. The van der Waals surface area contributed by atoms with Gasteiger partial charge in [0, 0.05) is 43.0 Å². The minimum absolute atomic E-state index is 0.260. The molecule has 0 aliphatic carbocycles. The lowest BCUT2D eigenvalue weighted by molar-refractivity contribution is 0.313. The lowest BCUT2D eigenvalue weighted by Crippen LogP contribution is -2.44. The second-order valence-electron chi connectivity index (χ2n) is 8.45. The Morgan fingerprint density at radius 1 is 0.875 bits per heavy atom. The van der Waals surface area contributed by atoms with Crippen molar-refractivity contribution in [2.24, 2.45) is 0 Å². The summed E-state index contributed by atoms with van der Waals surface area (Å²) in [6.45, 7) is 4.08. The number of H-pyrrole nitrogens is 2. The number of fused-ring (bicyclic) bond motifs is 2. The number of likely N-dealkylation sites (N-methyl/N-ethyl adjacent to an activating group) is 1. The molecule has 0 bridgehead atoms. The fourth-order valence-corrected chi connectivity index (χ4v) is 4.43. The number of rotatable bonds is 3. The Kier molecular flexibility index (Phi) is 4.36. The summed E-state index contributed by atoms with van der Waals surface area (Å²) < 4.78 is 0. The zero-order valence-electron chi connectivity index (χ0n) is 17.8. The van der Waals surface area contributed by atoms with Crippen molar-refractivity contribution in [3.8, 4) is 28.3 Å². The molecule has 160 valence electrons. The summed E-state index contributed by atoms with van der Waals surface area (Å²) in [4.78, 5) is 20.8. The van der Waals surface area contributed by atoms with Gasteiger partial charge in [0.15, 0.2) is 0 Å². The van der Waals surface area contributed by atoms with Gasteiger partial charge >= 0.3 is 0 Å². The van der Waals surface area contributed by atoms with Crippen molar-refractivity contribution in [1.29, 1.82) is 0 Å². The lowest BCUT2D eigenvalue weighted by atomic mass is 10.0. The first kappa shape index (κ1) is 18.9. The number of hydrogen-bond acceptors (Lipinski definition) is 5. The molecule has 3 aromatic carbocycles. The number of anilines is 1. The van der Waals surface area contributed by atoms with E-state index < -0.39 is 0 Å². The van der Waals surface area contributed by atoms with Crippen LogP contribution in [0.4, 0.5) is 5.69 Å². The van der Waals surface area contributed by atoms with Gasteiger partial charge in [-0.05, 0) is 55.1 Å². The third-order valence-electron chi connectivity index (χ3n) is 6.31. The molecule has 6 rings (SSSR count). The molecule has 7 heteroatoms. The Labute approximate surface area is 185 Å². The summed E-state index contributed by atoms with van der Waals surface area (Å²) in [6, 6.07) is 17.9. The van der Waals surface area contributed by atoms with E-state index in [9.17, 15) is 5.11 Å². The van der Waals surface area contributed by atoms with E-state index in [0.29, 0.717) is 0 Å². The largest absolute Gasteiger partial charge is 0.508 e. The molecule has 3 N–H and O–H groups in total. The standard InChI is InChI=1S/C25H24N6O/c1-30-8-10-31(11-9-30)18-13-20(16-2-5-19(32)6-3-16)24-23(14-18)28-25(29-24)17-4-7-21-22(12-17)27-15-26-21/h2-7,12-15,32H,8-11H2,1H3,(H,26,27)(H,28,29). The monoisotopic (exact) mass is 424 g/mol. The molecule has 1 saturated heterocycles. The fourth-order valence-electron chi connectivity index (χ4n) is 4.43. The second kappa shape index (κ2) is 7.39. The normalized spacial score (nSPS) is 15.1. The minimum Gasteiger partial charge on any atom is -0.508 e. The zero-order chi connectivity index (χ0) is 21.7. The first-order valence-electron chi connectivity index (χ1n) is 10.8. The highest BCUT2D eigenvalue weighted by Gasteiger charge is 2.19. The summed E-state index contributed by atoms with van der Waals surface area (Å²) in [6.07, 6.45) is 1.71. The van der Waals surface area contributed by atoms with Gasteiger partial charge in [0.2, 0.25) is 0 Å². The Balaban J connectivity index is 1.51. The smallest absolute Gasteiger partial charge is 0.138 e. The van der Waals surface area contributed by atoms with Crippen LogP contribution < -0.4 is 4.90 Å². The van der Waals surface area contributed by atoms with Crippen LogP contribution in [0.2, 0.25) is 0 Å². The van der Waals surface area contributed by atoms with Crippen LogP contribution in [-0.2, 0) is 0 Å². The lowest BCUT2D eigenvalue weighted by Gasteiger charge is -2.34. The number of nitrogens with zero attached hydrogens (tertiary/aromatic N) is 4. The van der Waals surface area contributed by atoms with Crippen molar-refractivity contribution in [1.82, 2.24) is 24.8 Å². The predicted molar refractivity (Wildman–Crippen MR) is 128 cm³/mol. The van der Waals surface area contributed by atoms with Gasteiger partial charge in [0.25, 0.3) is 0 Å². The molecule has 0 saturated carbocycles. The minimum atomic E-state index is 0.260. The van der Waals surface area contributed by atoms with Gasteiger partial charge in [-0.2, -0.15) is 0 Å². The molecule has 0 amide bonds. The van der Waals surface area contributed by atoms with Crippen molar-refractivity contribution < 1.29 is 5.11 Å². The molecule has 7 nitrogen and oxygen atoms in total. The van der Waals surface area contributed by atoms with Gasteiger partial charge in [-0.25, -0.2) is 9.97 Å². The summed E-state index contributed by atoms with van der Waals surface area (Å²) in [5.41, 5.74) is 8.14. The van der Waals surface area contributed by atoms with E-state index in [1.165, 1.54) is 5.69 Å². The highest BCUT2D eigenvalue weighted by molar-refractivity contribution is 5.97. The average molecular weight is 425 g/mol. The quantitative estimate of drug-likeness (QED) is 0.404. The molecule has 5 aromatic rings. The maximum atomic E-state index is 9.78. The van der Waals surface area contributed by atoms with Crippen molar-refractivity contribution in [3.05, 3.63) is 60.9 Å². The number of aromatic amines is 2. The van der Waals surface area contributed by atoms with Crippen molar-refractivity contribution >= 4 is 27.8 Å². The van der Waals surface area contributed by atoms with Gasteiger partial charge in [-0.3, -0.25) is 0 Å². The number of benzene rings is 3. The van der Waals surface area contributed by atoms with Crippen LogP contribution in [0.5, 0.6) is 5.75 Å². The number of phenols is 1. The van der Waals surface area contributed by atoms with Gasteiger partial charge in [-0.15, -0.1) is 0 Å². The maximum Gasteiger partial charge on any atom is 0.138 e. The van der Waals surface area contributed by atoms with E-state index in [4.69, 9.17) is 4.98 Å². The van der Waals surface area contributed by atoms with Crippen molar-refractivity contribution in [2.45, 2.75) is 0 Å². The van der Waals surface area contributed by atoms with Crippen LogP contribution in [0.3, 0.4) is 0 Å². The van der Waals surface area contributed by atoms with Crippen LogP contribution in [0.25, 0.3) is 44.6 Å². The molecule has 0 radical (unpaired) electrons. The summed E-state index contributed by atoms with van der Waals surface area (Å²) >= 11 is 0.